The number of methoxy groups -OCH3 is 1. The van der Waals surface area contributed by atoms with E-state index in [4.69, 9.17) is 4.74 Å². The van der Waals surface area contributed by atoms with Crippen LogP contribution in [0.2, 0.25) is 0 Å². The topological polar surface area (TPSA) is 17.4 Å². The fraction of sp³-hybridized carbons (Fsp3) is 0.360. The molecule has 2 aromatic carbocycles. The SMILES string of the molecule is COc1ccc(C(C)=Cn2c3c(c4cc(C)ccc42)C2CCC(C3)N2C)cc1. The van der Waals surface area contributed by atoms with E-state index < -0.39 is 0 Å². The highest BCUT2D eigenvalue weighted by Gasteiger charge is 2.40. The van der Waals surface area contributed by atoms with Crippen molar-refractivity contribution < 1.29 is 4.74 Å². The third-order valence-electron chi connectivity index (χ3n) is 6.77. The lowest BCUT2D eigenvalue weighted by molar-refractivity contribution is 0.223. The number of hydrogen-bond donors (Lipinski definition) is 0. The third kappa shape index (κ3) is 2.61. The molecular weight excluding hydrogens is 344 g/mol. The molecule has 1 aromatic heterocycles. The van der Waals surface area contributed by atoms with Crippen molar-refractivity contribution in [3.05, 3.63) is 64.8 Å². The highest BCUT2D eigenvalue weighted by Crippen LogP contribution is 2.47. The molecule has 3 aromatic rings. The van der Waals surface area contributed by atoms with Gasteiger partial charge in [0.15, 0.2) is 0 Å². The van der Waals surface area contributed by atoms with Gasteiger partial charge in [0.05, 0.1) is 12.6 Å². The number of ether oxygens (including phenoxy) is 1. The molecule has 0 N–H and O–H groups in total. The van der Waals surface area contributed by atoms with Gasteiger partial charge < -0.3 is 9.30 Å². The molecule has 0 spiro atoms. The Morgan fingerprint density at radius 1 is 1.11 bits per heavy atom. The highest BCUT2D eigenvalue weighted by atomic mass is 16.5. The number of fused-ring (bicyclic) bond motifs is 6. The molecule has 2 atom stereocenters. The number of nitrogens with zero attached hydrogens (tertiary/aromatic N) is 2. The quantitative estimate of drug-likeness (QED) is 0.589. The molecule has 0 saturated carbocycles. The first-order chi connectivity index (χ1) is 13.6. The molecule has 2 bridgehead atoms. The fourth-order valence-corrected chi connectivity index (χ4v) is 5.19. The zero-order valence-corrected chi connectivity index (χ0v) is 17.2. The molecule has 2 aliphatic rings. The number of rotatable bonds is 3. The Morgan fingerprint density at radius 3 is 2.64 bits per heavy atom. The molecule has 5 rings (SSSR count). The predicted molar refractivity (Wildman–Crippen MR) is 117 cm³/mol. The number of hydrogen-bond acceptors (Lipinski definition) is 2. The molecule has 1 saturated heterocycles. The second-order valence-electron chi connectivity index (χ2n) is 8.41. The highest BCUT2D eigenvalue weighted by molar-refractivity contribution is 5.91. The molecule has 3 nitrogen and oxygen atoms in total. The van der Waals surface area contributed by atoms with Gasteiger partial charge in [-0.2, -0.15) is 0 Å². The Bertz CT molecular complexity index is 1070. The lowest BCUT2D eigenvalue weighted by Crippen LogP contribution is -2.34. The fourth-order valence-electron chi connectivity index (χ4n) is 5.19. The van der Waals surface area contributed by atoms with Crippen molar-refractivity contribution in [2.75, 3.05) is 14.2 Å². The van der Waals surface area contributed by atoms with E-state index in [-0.39, 0.29) is 0 Å². The van der Waals surface area contributed by atoms with E-state index in [9.17, 15) is 0 Å². The zero-order valence-electron chi connectivity index (χ0n) is 17.2. The molecule has 3 heterocycles. The van der Waals surface area contributed by atoms with Crippen LogP contribution in [0.15, 0.2) is 42.5 Å². The van der Waals surface area contributed by atoms with Gasteiger partial charge in [0.1, 0.15) is 5.75 Å². The maximum Gasteiger partial charge on any atom is 0.118 e. The molecule has 0 aliphatic carbocycles. The van der Waals surface area contributed by atoms with Crippen LogP contribution in [0.4, 0.5) is 0 Å². The summed E-state index contributed by atoms with van der Waals surface area (Å²) in [5, 5.41) is 1.44. The van der Waals surface area contributed by atoms with Crippen molar-refractivity contribution in [2.45, 2.75) is 45.2 Å². The number of aryl methyl sites for hydroxylation is 1. The maximum absolute atomic E-state index is 5.31. The Labute approximate surface area is 167 Å². The normalized spacial score (nSPS) is 21.9. The van der Waals surface area contributed by atoms with Crippen LogP contribution in [0.1, 0.15) is 48.2 Å². The van der Waals surface area contributed by atoms with Crippen LogP contribution in [0.25, 0.3) is 22.7 Å². The molecular formula is C25H28N2O. The first-order valence-electron chi connectivity index (χ1n) is 10.2. The standard InChI is InChI=1S/C25H28N2O/c1-16-5-11-22-21(13-16)25-23-12-8-19(26(23)3)14-24(25)27(22)15-17(2)18-6-9-20(28-4)10-7-18/h5-7,9-11,13,15,19,23H,8,12,14H2,1-4H3. The minimum Gasteiger partial charge on any atom is -0.497 e. The van der Waals surface area contributed by atoms with Crippen LogP contribution < -0.4 is 4.74 Å². The number of likely N-dealkylation sites (N-methyl/N-ethyl adjacent to an activating group) is 1. The van der Waals surface area contributed by atoms with E-state index in [0.717, 1.165) is 12.2 Å². The van der Waals surface area contributed by atoms with Gasteiger partial charge in [-0.05, 0) is 74.7 Å². The largest absolute Gasteiger partial charge is 0.497 e. The summed E-state index contributed by atoms with van der Waals surface area (Å²) in [6, 6.07) is 16.5. The second kappa shape index (κ2) is 6.52. The number of aromatic nitrogens is 1. The Balaban J connectivity index is 1.68. The first-order valence-corrected chi connectivity index (χ1v) is 10.2. The number of benzene rings is 2. The Morgan fingerprint density at radius 2 is 1.89 bits per heavy atom. The van der Waals surface area contributed by atoms with Gasteiger partial charge >= 0.3 is 0 Å². The summed E-state index contributed by atoms with van der Waals surface area (Å²) < 4.78 is 7.78. The second-order valence-corrected chi connectivity index (χ2v) is 8.41. The summed E-state index contributed by atoms with van der Waals surface area (Å²) in [6.45, 7) is 4.41. The van der Waals surface area contributed by atoms with Crippen molar-refractivity contribution in [1.82, 2.24) is 9.47 Å². The summed E-state index contributed by atoms with van der Waals surface area (Å²) in [6.07, 6.45) is 6.07. The van der Waals surface area contributed by atoms with E-state index in [0.29, 0.717) is 12.1 Å². The van der Waals surface area contributed by atoms with Crippen LogP contribution in [-0.4, -0.2) is 29.7 Å². The smallest absolute Gasteiger partial charge is 0.118 e. The van der Waals surface area contributed by atoms with Gasteiger partial charge in [-0.3, -0.25) is 4.90 Å². The van der Waals surface area contributed by atoms with E-state index >= 15 is 0 Å². The average Bonchev–Trinajstić information content (AvgIpc) is 3.11. The molecule has 1 fully saturated rings. The lowest BCUT2D eigenvalue weighted by Gasteiger charge is -2.32. The Hall–Kier alpha value is -2.52. The molecule has 0 amide bonds. The molecule has 2 unspecified atom stereocenters. The van der Waals surface area contributed by atoms with Crippen molar-refractivity contribution in [3.63, 3.8) is 0 Å². The monoisotopic (exact) mass is 372 g/mol. The average molecular weight is 373 g/mol. The van der Waals surface area contributed by atoms with Crippen molar-refractivity contribution in [1.29, 1.82) is 0 Å². The summed E-state index contributed by atoms with van der Waals surface area (Å²) in [5.41, 5.74) is 8.26. The molecule has 3 heteroatoms. The van der Waals surface area contributed by atoms with Crippen LogP contribution >= 0.6 is 0 Å². The van der Waals surface area contributed by atoms with E-state index in [1.165, 1.54) is 46.1 Å². The molecule has 2 aliphatic heterocycles. The van der Waals surface area contributed by atoms with Crippen LogP contribution in [0.5, 0.6) is 5.75 Å². The summed E-state index contributed by atoms with van der Waals surface area (Å²) >= 11 is 0. The van der Waals surface area contributed by atoms with Gasteiger partial charge in [-0.15, -0.1) is 0 Å². The molecule has 0 radical (unpaired) electrons. The van der Waals surface area contributed by atoms with E-state index in [1.54, 1.807) is 12.7 Å². The van der Waals surface area contributed by atoms with E-state index in [1.807, 2.05) is 12.1 Å². The lowest BCUT2D eigenvalue weighted by atomic mass is 9.97. The maximum atomic E-state index is 5.31. The van der Waals surface area contributed by atoms with Gasteiger partial charge in [-0.1, -0.05) is 23.8 Å². The first kappa shape index (κ1) is 17.6. The van der Waals surface area contributed by atoms with Crippen LogP contribution in [0.3, 0.4) is 0 Å². The van der Waals surface area contributed by atoms with Crippen LogP contribution in [0, 0.1) is 6.92 Å². The molecule has 28 heavy (non-hydrogen) atoms. The summed E-state index contributed by atoms with van der Waals surface area (Å²) in [4.78, 5) is 2.61. The summed E-state index contributed by atoms with van der Waals surface area (Å²) in [5.74, 6) is 0.899. The zero-order chi connectivity index (χ0) is 19.4. The number of allylic oxidation sites excluding steroid dienone is 1. The van der Waals surface area contributed by atoms with E-state index in [2.05, 4.69) is 66.9 Å². The predicted octanol–water partition coefficient (Wildman–Crippen LogP) is 5.67. The van der Waals surface area contributed by atoms with Crippen molar-refractivity contribution in [3.8, 4) is 5.75 Å². The minimum atomic E-state index is 0.564. The van der Waals surface area contributed by atoms with Crippen LogP contribution in [-0.2, 0) is 6.42 Å². The minimum absolute atomic E-state index is 0.564. The van der Waals surface area contributed by atoms with Gasteiger partial charge in [0.2, 0.25) is 0 Å². The van der Waals surface area contributed by atoms with Gasteiger partial charge in [0.25, 0.3) is 0 Å². The van der Waals surface area contributed by atoms with Crippen molar-refractivity contribution >= 4 is 22.7 Å². The third-order valence-corrected chi connectivity index (χ3v) is 6.77. The summed E-state index contributed by atoms with van der Waals surface area (Å²) in [7, 11) is 4.02. The Kier molecular flexibility index (Phi) is 4.09. The van der Waals surface area contributed by atoms with Crippen molar-refractivity contribution in [2.24, 2.45) is 0 Å². The molecule has 144 valence electrons. The van der Waals surface area contributed by atoms with Gasteiger partial charge in [0, 0.05) is 35.8 Å². The van der Waals surface area contributed by atoms with Gasteiger partial charge in [-0.25, -0.2) is 0 Å².